The number of carbonyl (C=O) groups is 1. The van der Waals surface area contributed by atoms with Gasteiger partial charge in [0.2, 0.25) is 10.0 Å². The van der Waals surface area contributed by atoms with Crippen LogP contribution < -0.4 is 4.72 Å². The van der Waals surface area contributed by atoms with Gasteiger partial charge >= 0.3 is 0 Å². The highest BCUT2D eigenvalue weighted by atomic mass is 32.2. The number of hydrogen-bond acceptors (Lipinski definition) is 5. The monoisotopic (exact) mass is 401 g/mol. The fourth-order valence-corrected chi connectivity index (χ4v) is 4.66. The van der Waals surface area contributed by atoms with Crippen molar-refractivity contribution >= 4 is 15.9 Å². The van der Waals surface area contributed by atoms with Crippen molar-refractivity contribution in [1.82, 2.24) is 19.8 Å². The molecule has 0 radical (unpaired) electrons. The molecule has 1 fully saturated rings. The summed E-state index contributed by atoms with van der Waals surface area (Å²) in [5.41, 5.74) is 3.37. The van der Waals surface area contributed by atoms with E-state index in [0.29, 0.717) is 12.1 Å². The van der Waals surface area contributed by atoms with Gasteiger partial charge in [0.25, 0.3) is 5.91 Å². The Balaban J connectivity index is 1.78. The van der Waals surface area contributed by atoms with Crippen LogP contribution >= 0.6 is 0 Å². The molecule has 9 heteroatoms. The third-order valence-electron chi connectivity index (χ3n) is 4.97. The molecule has 1 atom stereocenters. The van der Waals surface area contributed by atoms with Gasteiger partial charge in [0.05, 0.1) is 22.7 Å². The molecule has 2 N–H and O–H groups in total. The number of carbonyl (C=O) groups excluding carboxylic acids is 1. The number of nitrogens with one attached hydrogen (secondary N) is 2. The zero-order valence-electron chi connectivity index (χ0n) is 15.9. The van der Waals surface area contributed by atoms with Gasteiger partial charge in [-0.05, 0) is 51.0 Å². The summed E-state index contributed by atoms with van der Waals surface area (Å²) in [7, 11) is -3.69. The van der Waals surface area contributed by atoms with Crippen LogP contribution in [0.5, 0.6) is 0 Å². The standard InChI is InChI=1S/C19H23N5O3S/c1-13-18(14(2)23-22-13)17-5-3-12-24(17)19(25)15-6-8-16(9-7-15)28(26,27)21-11-4-10-20/h6-9,17,21H,3-5,11-12H2,1-2H3,(H,22,23)/t17-/m0/s1. The van der Waals surface area contributed by atoms with Crippen LogP contribution in [0.15, 0.2) is 29.2 Å². The molecule has 0 unspecified atom stereocenters. The maximum Gasteiger partial charge on any atom is 0.254 e. The molecule has 28 heavy (non-hydrogen) atoms. The van der Waals surface area contributed by atoms with E-state index in [9.17, 15) is 13.2 Å². The average Bonchev–Trinajstić information content (AvgIpc) is 3.27. The van der Waals surface area contributed by atoms with Crippen LogP contribution in [0, 0.1) is 25.2 Å². The predicted molar refractivity (Wildman–Crippen MR) is 103 cm³/mol. The van der Waals surface area contributed by atoms with Crippen LogP contribution in [-0.2, 0) is 10.0 Å². The predicted octanol–water partition coefficient (Wildman–Crippen LogP) is 2.20. The van der Waals surface area contributed by atoms with Gasteiger partial charge in [0.15, 0.2) is 0 Å². The molecule has 2 aromatic rings. The molecule has 0 spiro atoms. The molecule has 148 valence electrons. The highest BCUT2D eigenvalue weighted by Crippen LogP contribution is 2.35. The molecule has 0 aliphatic carbocycles. The lowest BCUT2D eigenvalue weighted by Crippen LogP contribution is -2.31. The molecule has 1 aromatic heterocycles. The molecule has 1 aliphatic rings. The number of aryl methyl sites for hydroxylation is 2. The summed E-state index contributed by atoms with van der Waals surface area (Å²) >= 11 is 0. The Labute approximate surface area is 164 Å². The Morgan fingerprint density at radius 2 is 2.07 bits per heavy atom. The maximum absolute atomic E-state index is 13.0. The van der Waals surface area contributed by atoms with Gasteiger partial charge in [-0.3, -0.25) is 9.89 Å². The molecule has 3 rings (SSSR count). The first-order valence-corrected chi connectivity index (χ1v) is 10.6. The molecule has 8 nitrogen and oxygen atoms in total. The van der Waals surface area contributed by atoms with E-state index in [-0.39, 0.29) is 29.8 Å². The lowest BCUT2D eigenvalue weighted by atomic mass is 10.0. The van der Waals surface area contributed by atoms with E-state index in [4.69, 9.17) is 5.26 Å². The topological polar surface area (TPSA) is 119 Å². The Hall–Kier alpha value is -2.70. The molecule has 2 heterocycles. The number of hydrogen-bond donors (Lipinski definition) is 2. The quantitative estimate of drug-likeness (QED) is 0.719. The first kappa shape index (κ1) is 20.0. The largest absolute Gasteiger partial charge is 0.331 e. The number of nitriles is 1. The van der Waals surface area contributed by atoms with Gasteiger partial charge in [0.1, 0.15) is 0 Å². The molecule has 1 saturated heterocycles. The smallest absolute Gasteiger partial charge is 0.254 e. The number of sulfonamides is 1. The zero-order chi connectivity index (χ0) is 20.3. The fourth-order valence-electron chi connectivity index (χ4n) is 3.63. The van der Waals surface area contributed by atoms with Crippen molar-refractivity contribution in [2.45, 2.75) is 44.0 Å². The molecule has 0 saturated carbocycles. The van der Waals surface area contributed by atoms with Crippen LogP contribution in [0.2, 0.25) is 0 Å². The Kier molecular flexibility index (Phi) is 5.82. The second-order valence-corrected chi connectivity index (χ2v) is 8.60. The summed E-state index contributed by atoms with van der Waals surface area (Å²) in [6.45, 7) is 4.59. The van der Waals surface area contributed by atoms with Gasteiger partial charge < -0.3 is 4.90 Å². The SMILES string of the molecule is Cc1n[nH]c(C)c1[C@@H]1CCCN1C(=O)c1ccc(S(=O)(=O)NCCC#N)cc1. The van der Waals surface area contributed by atoms with Gasteiger partial charge in [0, 0.05) is 36.3 Å². The van der Waals surface area contributed by atoms with E-state index in [1.165, 1.54) is 24.3 Å². The maximum atomic E-state index is 13.0. The molecule has 1 aliphatic heterocycles. The Morgan fingerprint density at radius 1 is 1.36 bits per heavy atom. The first-order chi connectivity index (χ1) is 13.3. The minimum atomic E-state index is -3.69. The van der Waals surface area contributed by atoms with Gasteiger partial charge in [-0.15, -0.1) is 0 Å². The second-order valence-electron chi connectivity index (χ2n) is 6.83. The lowest BCUT2D eigenvalue weighted by Gasteiger charge is -2.25. The highest BCUT2D eigenvalue weighted by molar-refractivity contribution is 7.89. The van der Waals surface area contributed by atoms with Crippen molar-refractivity contribution in [3.8, 4) is 6.07 Å². The van der Waals surface area contributed by atoms with Crippen LogP contribution in [0.1, 0.15) is 52.6 Å². The number of nitrogens with zero attached hydrogens (tertiary/aromatic N) is 3. The minimum Gasteiger partial charge on any atom is -0.331 e. The van der Waals surface area contributed by atoms with Crippen molar-refractivity contribution < 1.29 is 13.2 Å². The lowest BCUT2D eigenvalue weighted by molar-refractivity contribution is 0.0735. The highest BCUT2D eigenvalue weighted by Gasteiger charge is 2.33. The van der Waals surface area contributed by atoms with Crippen molar-refractivity contribution in [2.24, 2.45) is 0 Å². The van der Waals surface area contributed by atoms with Crippen LogP contribution in [-0.4, -0.2) is 42.5 Å². The first-order valence-electron chi connectivity index (χ1n) is 9.14. The van der Waals surface area contributed by atoms with E-state index >= 15 is 0 Å². The van der Waals surface area contributed by atoms with Crippen molar-refractivity contribution in [3.05, 3.63) is 46.8 Å². The summed E-state index contributed by atoms with van der Waals surface area (Å²) < 4.78 is 26.8. The molecule has 1 aromatic carbocycles. The average molecular weight is 401 g/mol. The number of aromatic nitrogens is 2. The number of amides is 1. The summed E-state index contributed by atoms with van der Waals surface area (Å²) in [5, 5.41) is 15.7. The summed E-state index contributed by atoms with van der Waals surface area (Å²) in [5.74, 6) is -0.121. The number of aromatic amines is 1. The van der Waals surface area contributed by atoms with Crippen LogP contribution in [0.4, 0.5) is 0 Å². The molecular weight excluding hydrogens is 378 g/mol. The van der Waals surface area contributed by atoms with Gasteiger partial charge in [-0.1, -0.05) is 0 Å². The number of benzene rings is 1. The summed E-state index contributed by atoms with van der Waals surface area (Å²) in [4.78, 5) is 14.9. The molecular formula is C19H23N5O3S. The van der Waals surface area contributed by atoms with E-state index in [1.54, 1.807) is 0 Å². The van der Waals surface area contributed by atoms with Crippen molar-refractivity contribution in [2.75, 3.05) is 13.1 Å². The van der Waals surface area contributed by atoms with Crippen LogP contribution in [0.3, 0.4) is 0 Å². The summed E-state index contributed by atoms with van der Waals surface area (Å²) in [6.07, 6.45) is 1.89. The fraction of sp³-hybridized carbons (Fsp3) is 0.421. The van der Waals surface area contributed by atoms with E-state index in [2.05, 4.69) is 14.9 Å². The Morgan fingerprint density at radius 3 is 2.68 bits per heavy atom. The Bertz CT molecular complexity index is 986. The summed E-state index contributed by atoms with van der Waals surface area (Å²) in [6, 6.07) is 7.76. The molecule has 0 bridgehead atoms. The van der Waals surface area contributed by atoms with Gasteiger partial charge in [-0.25, -0.2) is 13.1 Å². The third kappa shape index (κ3) is 3.93. The molecule has 1 amide bonds. The van der Waals surface area contributed by atoms with Crippen molar-refractivity contribution in [3.63, 3.8) is 0 Å². The van der Waals surface area contributed by atoms with E-state index in [1.807, 2.05) is 24.8 Å². The normalized spacial score (nSPS) is 16.9. The second kappa shape index (κ2) is 8.12. The zero-order valence-corrected chi connectivity index (χ0v) is 16.7. The number of likely N-dealkylation sites (tertiary alicyclic amines) is 1. The van der Waals surface area contributed by atoms with E-state index < -0.39 is 10.0 Å². The van der Waals surface area contributed by atoms with Crippen LogP contribution in [0.25, 0.3) is 0 Å². The third-order valence-corrected chi connectivity index (χ3v) is 6.45. The minimum absolute atomic E-state index is 0.0256. The van der Waals surface area contributed by atoms with Crippen molar-refractivity contribution in [1.29, 1.82) is 5.26 Å². The van der Waals surface area contributed by atoms with E-state index in [0.717, 1.165) is 29.8 Å². The number of H-pyrrole nitrogens is 1. The number of rotatable bonds is 6. The van der Waals surface area contributed by atoms with Gasteiger partial charge in [-0.2, -0.15) is 10.4 Å².